The van der Waals surface area contributed by atoms with Crippen molar-refractivity contribution in [3.8, 4) is 0 Å². The Morgan fingerprint density at radius 2 is 1.90 bits per heavy atom. The van der Waals surface area contributed by atoms with E-state index in [1.54, 1.807) is 6.92 Å². The van der Waals surface area contributed by atoms with Gasteiger partial charge in [0.05, 0.1) is 6.61 Å². The molecule has 0 aromatic carbocycles. The van der Waals surface area contributed by atoms with Gasteiger partial charge in [0.1, 0.15) is 12.2 Å². The topological polar surface area (TPSA) is 43.4 Å². The number of carbonyl (C=O) groups excluding carboxylic acids is 2. The van der Waals surface area contributed by atoms with Gasteiger partial charge in [-0.1, -0.05) is 0 Å². The molecule has 0 aromatic rings. The van der Waals surface area contributed by atoms with E-state index < -0.39 is 5.97 Å². The Morgan fingerprint density at radius 3 is 2.20 bits per heavy atom. The number of hydrogen-bond donors (Lipinski definition) is 0. The molecule has 0 radical (unpaired) electrons. The smallest absolute Gasteiger partial charge is 0.316 e. The van der Waals surface area contributed by atoms with Crippen molar-refractivity contribution in [2.75, 3.05) is 6.61 Å². The highest BCUT2D eigenvalue weighted by Crippen LogP contribution is 1.86. The van der Waals surface area contributed by atoms with E-state index in [-0.39, 0.29) is 35.3 Å². The molecule has 0 bridgehead atoms. The SMILES string of the molecule is CCOC(=O)CC(C)=O.[MgH2]. The Labute approximate surface area is 76.3 Å². The third kappa shape index (κ3) is 7.91. The van der Waals surface area contributed by atoms with E-state index in [1.165, 1.54) is 6.92 Å². The summed E-state index contributed by atoms with van der Waals surface area (Å²) in [4.78, 5) is 20.6. The Morgan fingerprint density at radius 1 is 1.40 bits per heavy atom. The molecule has 56 valence electrons. The number of hydrogen-bond acceptors (Lipinski definition) is 3. The summed E-state index contributed by atoms with van der Waals surface area (Å²) in [6, 6.07) is 0. The van der Waals surface area contributed by atoms with Gasteiger partial charge in [-0.2, -0.15) is 0 Å². The highest BCUT2D eigenvalue weighted by atomic mass is 24.3. The van der Waals surface area contributed by atoms with Crippen molar-refractivity contribution >= 4 is 34.8 Å². The minimum atomic E-state index is -0.440. The summed E-state index contributed by atoms with van der Waals surface area (Å²) in [7, 11) is 0. The van der Waals surface area contributed by atoms with Crippen LogP contribution >= 0.6 is 0 Å². The summed E-state index contributed by atoms with van der Waals surface area (Å²) in [5.41, 5.74) is 0. The second kappa shape index (κ2) is 7.02. The second-order valence-corrected chi connectivity index (χ2v) is 1.68. The quantitative estimate of drug-likeness (QED) is 0.318. The van der Waals surface area contributed by atoms with E-state index in [1.807, 2.05) is 0 Å². The minimum Gasteiger partial charge on any atom is -0.466 e. The Hall–Kier alpha value is -0.0938. The fraction of sp³-hybridized carbons (Fsp3) is 0.667. The summed E-state index contributed by atoms with van der Waals surface area (Å²) in [5, 5.41) is 0. The van der Waals surface area contributed by atoms with Crippen molar-refractivity contribution in [3.63, 3.8) is 0 Å². The predicted octanol–water partition coefficient (Wildman–Crippen LogP) is -0.388. The van der Waals surface area contributed by atoms with Gasteiger partial charge in [-0.3, -0.25) is 9.59 Å². The predicted molar refractivity (Wildman–Crippen MR) is 40.5 cm³/mol. The van der Waals surface area contributed by atoms with E-state index in [4.69, 9.17) is 0 Å². The number of esters is 1. The first-order valence-electron chi connectivity index (χ1n) is 2.82. The van der Waals surface area contributed by atoms with Gasteiger partial charge in [-0.25, -0.2) is 0 Å². The van der Waals surface area contributed by atoms with Crippen molar-refractivity contribution in [1.82, 2.24) is 0 Å². The van der Waals surface area contributed by atoms with E-state index in [0.717, 1.165) is 0 Å². The van der Waals surface area contributed by atoms with E-state index in [9.17, 15) is 9.59 Å². The molecule has 4 heteroatoms. The Kier molecular flexibility index (Phi) is 8.82. The summed E-state index contributed by atoms with van der Waals surface area (Å²) in [5.74, 6) is -0.599. The number of ketones is 1. The molecule has 0 amide bonds. The zero-order valence-electron chi connectivity index (χ0n) is 5.64. The van der Waals surface area contributed by atoms with Crippen LogP contribution in [0.2, 0.25) is 0 Å². The molecule has 0 atom stereocenters. The molecule has 0 unspecified atom stereocenters. The summed E-state index contributed by atoms with van der Waals surface area (Å²) >= 11 is 0. The van der Waals surface area contributed by atoms with Crippen LogP contribution in [0.4, 0.5) is 0 Å². The van der Waals surface area contributed by atoms with Crippen LogP contribution in [-0.2, 0) is 14.3 Å². The van der Waals surface area contributed by atoms with Crippen molar-refractivity contribution in [2.24, 2.45) is 0 Å². The number of carbonyl (C=O) groups is 2. The fourth-order valence-corrected chi connectivity index (χ4v) is 0.415. The highest BCUT2D eigenvalue weighted by molar-refractivity contribution is 5.94. The monoisotopic (exact) mass is 156 g/mol. The van der Waals surface area contributed by atoms with Gasteiger partial charge in [0.15, 0.2) is 0 Å². The Balaban J connectivity index is 0. The van der Waals surface area contributed by atoms with Crippen molar-refractivity contribution in [2.45, 2.75) is 20.3 Å². The summed E-state index contributed by atoms with van der Waals surface area (Å²) in [6.07, 6.45) is -0.103. The van der Waals surface area contributed by atoms with E-state index in [0.29, 0.717) is 6.61 Å². The zero-order chi connectivity index (χ0) is 7.28. The number of Topliss-reactive ketones (excluding diaryl/α,β-unsaturated/α-hetero) is 1. The van der Waals surface area contributed by atoms with Crippen LogP contribution in [0.1, 0.15) is 20.3 Å². The molecular weight excluding hydrogens is 144 g/mol. The molecular formula is C6H12MgO3. The third-order valence-corrected chi connectivity index (χ3v) is 0.699. The maximum atomic E-state index is 10.4. The molecule has 0 saturated heterocycles. The van der Waals surface area contributed by atoms with Gasteiger partial charge in [-0.15, -0.1) is 0 Å². The van der Waals surface area contributed by atoms with Crippen LogP contribution in [0, 0.1) is 0 Å². The number of rotatable bonds is 3. The minimum absolute atomic E-state index is 0. The van der Waals surface area contributed by atoms with Crippen LogP contribution in [0.5, 0.6) is 0 Å². The van der Waals surface area contributed by atoms with Gasteiger partial charge in [0, 0.05) is 0 Å². The number of ether oxygens (including phenoxy) is 1. The molecule has 0 aliphatic heterocycles. The van der Waals surface area contributed by atoms with Gasteiger partial charge in [0.25, 0.3) is 0 Å². The summed E-state index contributed by atoms with van der Waals surface area (Å²) in [6.45, 7) is 3.40. The highest BCUT2D eigenvalue weighted by Gasteiger charge is 2.03. The average molecular weight is 156 g/mol. The average Bonchev–Trinajstić information content (AvgIpc) is 1.63. The largest absolute Gasteiger partial charge is 0.466 e. The molecule has 0 aliphatic carbocycles. The van der Waals surface area contributed by atoms with Crippen molar-refractivity contribution in [1.29, 1.82) is 0 Å². The molecule has 0 heterocycles. The zero-order valence-corrected chi connectivity index (χ0v) is 5.64. The lowest BCUT2D eigenvalue weighted by atomic mass is 10.3. The first kappa shape index (κ1) is 12.6. The first-order chi connectivity index (χ1) is 4.16. The molecule has 0 saturated carbocycles. The van der Waals surface area contributed by atoms with Gasteiger partial charge in [-0.05, 0) is 13.8 Å². The lowest BCUT2D eigenvalue weighted by molar-refractivity contribution is -0.145. The van der Waals surface area contributed by atoms with Crippen LogP contribution in [-0.4, -0.2) is 41.4 Å². The van der Waals surface area contributed by atoms with Gasteiger partial charge >= 0.3 is 29.0 Å². The fourth-order valence-electron chi connectivity index (χ4n) is 0.415. The normalized spacial score (nSPS) is 7.80. The summed E-state index contributed by atoms with van der Waals surface area (Å²) < 4.78 is 4.49. The molecule has 0 fully saturated rings. The van der Waals surface area contributed by atoms with Gasteiger partial charge < -0.3 is 4.74 Å². The second-order valence-electron chi connectivity index (χ2n) is 1.68. The molecule has 10 heavy (non-hydrogen) atoms. The van der Waals surface area contributed by atoms with E-state index in [2.05, 4.69) is 4.74 Å². The van der Waals surface area contributed by atoms with Crippen LogP contribution in [0.15, 0.2) is 0 Å². The van der Waals surface area contributed by atoms with E-state index >= 15 is 0 Å². The molecule has 3 nitrogen and oxygen atoms in total. The van der Waals surface area contributed by atoms with Crippen LogP contribution in [0.3, 0.4) is 0 Å². The molecule has 0 spiro atoms. The molecule has 0 rings (SSSR count). The van der Waals surface area contributed by atoms with Crippen molar-refractivity contribution < 1.29 is 14.3 Å². The lowest BCUT2D eigenvalue weighted by Crippen LogP contribution is -2.07. The van der Waals surface area contributed by atoms with Crippen LogP contribution in [0.25, 0.3) is 0 Å². The van der Waals surface area contributed by atoms with Crippen molar-refractivity contribution in [3.05, 3.63) is 0 Å². The molecule has 0 N–H and O–H groups in total. The third-order valence-electron chi connectivity index (χ3n) is 0.699. The van der Waals surface area contributed by atoms with Crippen LogP contribution < -0.4 is 0 Å². The molecule has 0 aromatic heterocycles. The van der Waals surface area contributed by atoms with Gasteiger partial charge in [0.2, 0.25) is 0 Å². The maximum absolute atomic E-state index is 10.4. The maximum Gasteiger partial charge on any atom is 0.316 e. The Bertz CT molecular complexity index is 122. The standard InChI is InChI=1S/C6H10O3.Mg.2H/c1-3-9-6(8)4-5(2)7;;;/h3-4H2,1-2H3;;;. The lowest BCUT2D eigenvalue weighted by Gasteiger charge is -1.96. The molecule has 0 aliphatic rings. The first-order valence-corrected chi connectivity index (χ1v) is 2.82.